The lowest BCUT2D eigenvalue weighted by atomic mass is 9.71. The highest BCUT2D eigenvalue weighted by atomic mass is 16.5. The van der Waals surface area contributed by atoms with Gasteiger partial charge in [0.15, 0.2) is 0 Å². The van der Waals surface area contributed by atoms with Gasteiger partial charge in [-0.15, -0.1) is 0 Å². The van der Waals surface area contributed by atoms with Crippen molar-refractivity contribution in [2.24, 2.45) is 11.3 Å². The first-order chi connectivity index (χ1) is 9.05. The first-order valence-corrected chi connectivity index (χ1v) is 8.40. The fourth-order valence-electron chi connectivity index (χ4n) is 4.14. The second-order valence-corrected chi connectivity index (χ2v) is 7.70. The largest absolute Gasteiger partial charge is 0.378 e. The van der Waals surface area contributed by atoms with Crippen molar-refractivity contribution in [2.45, 2.75) is 84.3 Å². The summed E-state index contributed by atoms with van der Waals surface area (Å²) in [7, 11) is 0. The molecule has 0 spiro atoms. The molecule has 2 heteroatoms. The summed E-state index contributed by atoms with van der Waals surface area (Å²) in [4.78, 5) is 0. The Balaban J connectivity index is 1.55. The molecule has 0 aromatic rings. The molecule has 0 aromatic carbocycles. The van der Waals surface area contributed by atoms with Crippen molar-refractivity contribution >= 4 is 0 Å². The van der Waals surface area contributed by atoms with Crippen molar-refractivity contribution in [3.8, 4) is 0 Å². The lowest BCUT2D eigenvalue weighted by Crippen LogP contribution is -2.33. The molecule has 0 radical (unpaired) electrons. The molecule has 0 aromatic heterocycles. The van der Waals surface area contributed by atoms with Crippen LogP contribution in [0.4, 0.5) is 0 Å². The molecule has 1 N–H and O–H groups in total. The molecule has 2 fully saturated rings. The molecule has 19 heavy (non-hydrogen) atoms. The molecule has 0 bridgehead atoms. The van der Waals surface area contributed by atoms with Crippen LogP contribution in [0.3, 0.4) is 0 Å². The van der Waals surface area contributed by atoms with Crippen LogP contribution in [0, 0.1) is 11.3 Å². The second kappa shape index (κ2) is 7.08. The van der Waals surface area contributed by atoms with Crippen LogP contribution >= 0.6 is 0 Å². The average Bonchev–Trinajstić information content (AvgIpc) is 2.78. The maximum Gasteiger partial charge on any atom is 0.0582 e. The predicted molar refractivity (Wildman–Crippen MR) is 81.4 cm³/mol. The lowest BCUT2D eigenvalue weighted by Gasteiger charge is -2.38. The average molecular weight is 267 g/mol. The van der Waals surface area contributed by atoms with Crippen LogP contribution in [0.5, 0.6) is 0 Å². The molecular weight excluding hydrogens is 234 g/mol. The molecule has 0 amide bonds. The monoisotopic (exact) mass is 267 g/mol. The van der Waals surface area contributed by atoms with E-state index in [4.69, 9.17) is 4.74 Å². The summed E-state index contributed by atoms with van der Waals surface area (Å²) in [5.41, 5.74) is 0.477. The molecule has 2 nitrogen and oxygen atoms in total. The van der Waals surface area contributed by atoms with Crippen molar-refractivity contribution in [1.82, 2.24) is 5.32 Å². The van der Waals surface area contributed by atoms with Gasteiger partial charge >= 0.3 is 0 Å². The normalized spacial score (nSPS) is 31.7. The molecule has 2 aliphatic carbocycles. The van der Waals surface area contributed by atoms with E-state index in [1.807, 2.05) is 0 Å². The van der Waals surface area contributed by atoms with Gasteiger partial charge in [0.1, 0.15) is 0 Å². The molecule has 112 valence electrons. The predicted octanol–water partition coefficient (Wildman–Crippen LogP) is 4.14. The number of nitrogens with one attached hydrogen (secondary N) is 1. The molecule has 0 aliphatic heterocycles. The van der Waals surface area contributed by atoms with E-state index >= 15 is 0 Å². The summed E-state index contributed by atoms with van der Waals surface area (Å²) in [6.45, 7) is 9.23. The Bertz CT molecular complexity index is 258. The van der Waals surface area contributed by atoms with Crippen LogP contribution in [0.25, 0.3) is 0 Å². The van der Waals surface area contributed by atoms with Crippen LogP contribution in [0.15, 0.2) is 0 Å². The summed E-state index contributed by atoms with van der Waals surface area (Å²) in [5, 5.41) is 3.66. The number of hydrogen-bond acceptors (Lipinski definition) is 2. The van der Waals surface area contributed by atoms with Crippen LogP contribution in [-0.2, 0) is 4.74 Å². The minimum Gasteiger partial charge on any atom is -0.378 e. The summed E-state index contributed by atoms with van der Waals surface area (Å²) in [6.07, 6.45) is 11.1. The summed E-state index contributed by atoms with van der Waals surface area (Å²) < 4.78 is 6.11. The Morgan fingerprint density at radius 2 is 1.89 bits per heavy atom. The molecule has 2 saturated carbocycles. The number of hydrogen-bond donors (Lipinski definition) is 1. The smallest absolute Gasteiger partial charge is 0.0582 e. The zero-order valence-electron chi connectivity index (χ0n) is 13.2. The van der Waals surface area contributed by atoms with Gasteiger partial charge in [0.2, 0.25) is 0 Å². The highest BCUT2D eigenvalue weighted by molar-refractivity contribution is 4.83. The van der Waals surface area contributed by atoms with Crippen LogP contribution < -0.4 is 5.32 Å². The van der Waals surface area contributed by atoms with E-state index in [1.54, 1.807) is 0 Å². The molecule has 2 aliphatic rings. The third kappa shape index (κ3) is 5.43. The van der Waals surface area contributed by atoms with Crippen LogP contribution in [-0.4, -0.2) is 25.3 Å². The third-order valence-corrected chi connectivity index (χ3v) is 4.81. The van der Waals surface area contributed by atoms with Gasteiger partial charge in [-0.1, -0.05) is 33.6 Å². The maximum absolute atomic E-state index is 6.11. The Morgan fingerprint density at radius 3 is 2.58 bits per heavy atom. The highest BCUT2D eigenvalue weighted by Crippen LogP contribution is 2.39. The Labute approximate surface area is 119 Å². The molecule has 2 unspecified atom stereocenters. The standard InChI is InChI=1S/C17H33NO/c1-14-11-16(13-17(2,3)12-14)19-10-6-9-18-15-7-4-5-8-15/h14-16,18H,4-13H2,1-3H3. The van der Waals surface area contributed by atoms with E-state index in [0.717, 1.165) is 25.1 Å². The van der Waals surface area contributed by atoms with Crippen LogP contribution in [0.2, 0.25) is 0 Å². The van der Waals surface area contributed by atoms with E-state index in [1.165, 1.54) is 51.4 Å². The first-order valence-electron chi connectivity index (χ1n) is 8.40. The molecule has 2 rings (SSSR count). The van der Waals surface area contributed by atoms with Gasteiger partial charge in [-0.3, -0.25) is 0 Å². The highest BCUT2D eigenvalue weighted by Gasteiger charge is 2.32. The fourth-order valence-corrected chi connectivity index (χ4v) is 4.14. The van der Waals surface area contributed by atoms with E-state index in [-0.39, 0.29) is 0 Å². The summed E-state index contributed by atoms with van der Waals surface area (Å²) >= 11 is 0. The van der Waals surface area contributed by atoms with Crippen molar-refractivity contribution in [3.63, 3.8) is 0 Å². The zero-order valence-corrected chi connectivity index (χ0v) is 13.2. The van der Waals surface area contributed by atoms with Crippen molar-refractivity contribution in [1.29, 1.82) is 0 Å². The van der Waals surface area contributed by atoms with Gasteiger partial charge in [-0.05, 0) is 56.4 Å². The minimum atomic E-state index is 0.477. The van der Waals surface area contributed by atoms with Gasteiger partial charge in [-0.25, -0.2) is 0 Å². The van der Waals surface area contributed by atoms with Crippen molar-refractivity contribution in [2.75, 3.05) is 13.2 Å². The topological polar surface area (TPSA) is 21.3 Å². The number of rotatable bonds is 6. The number of ether oxygens (including phenoxy) is 1. The first kappa shape index (κ1) is 15.3. The Morgan fingerprint density at radius 1 is 1.16 bits per heavy atom. The Kier molecular flexibility index (Phi) is 5.70. The molecule has 0 saturated heterocycles. The quantitative estimate of drug-likeness (QED) is 0.730. The van der Waals surface area contributed by atoms with Gasteiger partial charge in [0, 0.05) is 12.6 Å². The van der Waals surface area contributed by atoms with Gasteiger partial charge < -0.3 is 10.1 Å². The van der Waals surface area contributed by atoms with Crippen molar-refractivity contribution in [3.05, 3.63) is 0 Å². The van der Waals surface area contributed by atoms with Gasteiger partial charge in [-0.2, -0.15) is 0 Å². The molecule has 0 heterocycles. The van der Waals surface area contributed by atoms with Gasteiger partial charge in [0.05, 0.1) is 6.10 Å². The minimum absolute atomic E-state index is 0.477. The Hall–Kier alpha value is -0.0800. The van der Waals surface area contributed by atoms with Crippen molar-refractivity contribution < 1.29 is 4.74 Å². The lowest BCUT2D eigenvalue weighted by molar-refractivity contribution is -0.0235. The maximum atomic E-state index is 6.11. The second-order valence-electron chi connectivity index (χ2n) is 7.70. The third-order valence-electron chi connectivity index (χ3n) is 4.81. The fraction of sp³-hybridized carbons (Fsp3) is 1.00. The molecule has 2 atom stereocenters. The SMILES string of the molecule is CC1CC(OCCCNC2CCCC2)CC(C)(C)C1. The van der Waals surface area contributed by atoms with Crippen LogP contribution in [0.1, 0.15) is 72.1 Å². The zero-order chi connectivity index (χ0) is 13.7. The van der Waals surface area contributed by atoms with Gasteiger partial charge in [0.25, 0.3) is 0 Å². The van der Waals surface area contributed by atoms with E-state index in [0.29, 0.717) is 11.5 Å². The molecular formula is C17H33NO. The summed E-state index contributed by atoms with van der Waals surface area (Å²) in [6, 6.07) is 0.800. The van der Waals surface area contributed by atoms with E-state index < -0.39 is 0 Å². The van der Waals surface area contributed by atoms with E-state index in [2.05, 4.69) is 26.1 Å². The summed E-state index contributed by atoms with van der Waals surface area (Å²) in [5.74, 6) is 0.824. The van der Waals surface area contributed by atoms with E-state index in [9.17, 15) is 0 Å².